The van der Waals surface area contributed by atoms with Gasteiger partial charge in [-0.05, 0) is 57.3 Å². The molecule has 4 heteroatoms. The maximum absolute atomic E-state index is 5.22. The molecule has 200 valence electrons. The van der Waals surface area contributed by atoms with Crippen molar-refractivity contribution in [3.63, 3.8) is 0 Å². The zero-order valence-corrected chi connectivity index (χ0v) is 23.8. The van der Waals surface area contributed by atoms with Crippen molar-refractivity contribution in [2.24, 2.45) is 0 Å². The molecule has 0 fully saturated rings. The maximum atomic E-state index is 5.22. The molecule has 9 rings (SSSR count). The third-order valence-corrected chi connectivity index (χ3v) is 9.44. The Morgan fingerprint density at radius 1 is 0.372 bits per heavy atom. The van der Waals surface area contributed by atoms with Gasteiger partial charge >= 0.3 is 0 Å². The maximum Gasteiger partial charge on any atom is 0.164 e. The first-order chi connectivity index (χ1) is 21.3. The third-order valence-electron chi connectivity index (χ3n) is 8.29. The fraction of sp³-hybridized carbons (Fsp3) is 0. The molecule has 0 bridgehead atoms. The number of aromatic nitrogens is 3. The molecule has 2 aromatic heterocycles. The summed E-state index contributed by atoms with van der Waals surface area (Å²) in [4.78, 5) is 15.4. The minimum absolute atomic E-state index is 0.664. The average molecular weight is 566 g/mol. The van der Waals surface area contributed by atoms with Crippen molar-refractivity contribution in [2.45, 2.75) is 0 Å². The van der Waals surface area contributed by atoms with E-state index in [1.165, 1.54) is 41.7 Å². The number of rotatable bonds is 3. The summed E-state index contributed by atoms with van der Waals surface area (Å²) in [5.41, 5.74) is 2.95. The molecule has 2 heterocycles. The summed E-state index contributed by atoms with van der Waals surface area (Å²) in [7, 11) is 0. The molecule has 0 N–H and O–H groups in total. The fourth-order valence-electron chi connectivity index (χ4n) is 6.27. The monoisotopic (exact) mass is 565 g/mol. The Morgan fingerprint density at radius 2 is 1.02 bits per heavy atom. The molecule has 43 heavy (non-hydrogen) atoms. The predicted molar refractivity (Wildman–Crippen MR) is 182 cm³/mol. The van der Waals surface area contributed by atoms with Gasteiger partial charge < -0.3 is 0 Å². The molecule has 0 radical (unpaired) electrons. The van der Waals surface area contributed by atoms with Gasteiger partial charge in [0, 0.05) is 42.2 Å². The topological polar surface area (TPSA) is 38.7 Å². The predicted octanol–water partition coefficient (Wildman–Crippen LogP) is 10.7. The van der Waals surface area contributed by atoms with Crippen molar-refractivity contribution in [3.05, 3.63) is 140 Å². The first-order valence-corrected chi connectivity index (χ1v) is 15.2. The molecule has 0 aliphatic rings. The van der Waals surface area contributed by atoms with Gasteiger partial charge in [-0.2, -0.15) is 0 Å². The van der Waals surface area contributed by atoms with E-state index in [0.29, 0.717) is 17.5 Å². The highest BCUT2D eigenvalue weighted by Gasteiger charge is 2.18. The Labute approximate surface area is 251 Å². The highest BCUT2D eigenvalue weighted by molar-refractivity contribution is 7.25. The fourth-order valence-corrected chi connectivity index (χ4v) is 7.35. The van der Waals surface area contributed by atoms with Crippen molar-refractivity contribution < 1.29 is 0 Å². The second-order valence-corrected chi connectivity index (χ2v) is 11.9. The van der Waals surface area contributed by atoms with Gasteiger partial charge in [0.2, 0.25) is 0 Å². The SMILES string of the molecule is c1ccc(-c2nc(-c3ccc4sc5ccccc5c4c3)nc(-c3cc4ccccc4c4ccc5ccccc5c34)n2)cc1. The van der Waals surface area contributed by atoms with Crippen LogP contribution >= 0.6 is 11.3 Å². The van der Waals surface area contributed by atoms with Crippen LogP contribution in [0.5, 0.6) is 0 Å². The van der Waals surface area contributed by atoms with Crippen LogP contribution in [0.2, 0.25) is 0 Å². The molecule has 0 spiro atoms. The minimum atomic E-state index is 0.664. The summed E-state index contributed by atoms with van der Waals surface area (Å²) in [6, 6.07) is 49.2. The van der Waals surface area contributed by atoms with E-state index >= 15 is 0 Å². The molecule has 0 saturated heterocycles. The van der Waals surface area contributed by atoms with Gasteiger partial charge in [0.1, 0.15) is 0 Å². The molecule has 7 aromatic carbocycles. The lowest BCUT2D eigenvalue weighted by Gasteiger charge is -2.14. The number of benzene rings is 7. The zero-order chi connectivity index (χ0) is 28.3. The van der Waals surface area contributed by atoms with E-state index in [9.17, 15) is 0 Å². The number of fused-ring (bicyclic) bond motifs is 8. The van der Waals surface area contributed by atoms with Gasteiger partial charge in [-0.3, -0.25) is 0 Å². The quantitative estimate of drug-likeness (QED) is 0.200. The first-order valence-electron chi connectivity index (χ1n) is 14.4. The Bertz CT molecular complexity index is 2510. The molecular formula is C39H23N3S. The van der Waals surface area contributed by atoms with Crippen LogP contribution < -0.4 is 0 Å². The summed E-state index contributed by atoms with van der Waals surface area (Å²) in [6.07, 6.45) is 0. The molecule has 0 aliphatic heterocycles. The Morgan fingerprint density at radius 3 is 1.88 bits per heavy atom. The first kappa shape index (κ1) is 24.2. The van der Waals surface area contributed by atoms with E-state index < -0.39 is 0 Å². The van der Waals surface area contributed by atoms with Crippen LogP contribution in [0.25, 0.3) is 86.7 Å². The molecule has 0 aliphatic carbocycles. The van der Waals surface area contributed by atoms with Crippen LogP contribution in [0.3, 0.4) is 0 Å². The van der Waals surface area contributed by atoms with E-state index in [-0.39, 0.29) is 0 Å². The van der Waals surface area contributed by atoms with Crippen molar-refractivity contribution in [1.82, 2.24) is 15.0 Å². The minimum Gasteiger partial charge on any atom is -0.208 e. The second-order valence-electron chi connectivity index (χ2n) is 10.8. The molecule has 0 amide bonds. The molecule has 0 saturated carbocycles. The van der Waals surface area contributed by atoms with E-state index in [4.69, 9.17) is 15.0 Å². The van der Waals surface area contributed by atoms with Crippen LogP contribution in [-0.2, 0) is 0 Å². The van der Waals surface area contributed by atoms with Crippen LogP contribution in [0.1, 0.15) is 0 Å². The summed E-state index contributed by atoms with van der Waals surface area (Å²) >= 11 is 1.82. The molecule has 3 nitrogen and oxygen atoms in total. The summed E-state index contributed by atoms with van der Waals surface area (Å²) in [6.45, 7) is 0. The number of hydrogen-bond donors (Lipinski definition) is 0. The Kier molecular flexibility index (Phi) is 5.37. The van der Waals surface area contributed by atoms with E-state index in [1.807, 2.05) is 29.5 Å². The van der Waals surface area contributed by atoms with E-state index in [0.717, 1.165) is 27.5 Å². The van der Waals surface area contributed by atoms with Crippen LogP contribution in [0.15, 0.2) is 140 Å². The van der Waals surface area contributed by atoms with Crippen LogP contribution in [0.4, 0.5) is 0 Å². The highest BCUT2D eigenvalue weighted by Crippen LogP contribution is 2.40. The average Bonchev–Trinajstić information content (AvgIpc) is 3.46. The molecule has 9 aromatic rings. The van der Waals surface area contributed by atoms with Crippen molar-refractivity contribution in [1.29, 1.82) is 0 Å². The second kappa shape index (κ2) is 9.55. The lowest BCUT2D eigenvalue weighted by atomic mass is 9.92. The van der Waals surface area contributed by atoms with Crippen molar-refractivity contribution in [3.8, 4) is 34.2 Å². The largest absolute Gasteiger partial charge is 0.208 e. The van der Waals surface area contributed by atoms with Crippen LogP contribution in [0, 0.1) is 0 Å². The number of hydrogen-bond acceptors (Lipinski definition) is 4. The van der Waals surface area contributed by atoms with Gasteiger partial charge in [0.05, 0.1) is 0 Å². The smallest absolute Gasteiger partial charge is 0.164 e. The summed E-state index contributed by atoms with van der Waals surface area (Å²) in [5, 5.41) is 9.61. The van der Waals surface area contributed by atoms with Crippen molar-refractivity contribution >= 4 is 63.8 Å². The lowest BCUT2D eigenvalue weighted by Crippen LogP contribution is -2.01. The van der Waals surface area contributed by atoms with Crippen LogP contribution in [-0.4, -0.2) is 15.0 Å². The third kappa shape index (κ3) is 3.92. The summed E-state index contributed by atoms with van der Waals surface area (Å²) in [5.74, 6) is 2.01. The molecule has 0 atom stereocenters. The van der Waals surface area contributed by atoms with Crippen molar-refractivity contribution in [2.75, 3.05) is 0 Å². The van der Waals surface area contributed by atoms with E-state index in [1.54, 1.807) is 0 Å². The number of nitrogens with zero attached hydrogens (tertiary/aromatic N) is 3. The molecular weight excluding hydrogens is 543 g/mol. The number of thiophene rings is 1. The van der Waals surface area contributed by atoms with Gasteiger partial charge in [-0.15, -0.1) is 11.3 Å². The van der Waals surface area contributed by atoms with Gasteiger partial charge in [0.25, 0.3) is 0 Å². The van der Waals surface area contributed by atoms with Gasteiger partial charge in [-0.25, -0.2) is 15.0 Å². The zero-order valence-electron chi connectivity index (χ0n) is 23.0. The normalized spacial score (nSPS) is 11.7. The Hall–Kier alpha value is -5.45. The van der Waals surface area contributed by atoms with Gasteiger partial charge in [-0.1, -0.05) is 109 Å². The Balaban J connectivity index is 1.37. The van der Waals surface area contributed by atoms with E-state index in [2.05, 4.69) is 121 Å². The molecule has 0 unspecified atom stereocenters. The van der Waals surface area contributed by atoms with Gasteiger partial charge in [0.15, 0.2) is 17.5 Å². The summed E-state index contributed by atoms with van der Waals surface area (Å²) < 4.78 is 2.54. The standard InChI is InChI=1S/C39H23N3S/c1-2-11-25(12-3-1)37-40-38(27-19-21-35-32(23-27)30-16-8-9-17-34(30)43-35)42-39(41-37)33-22-26-13-5-6-14-28(26)31-20-18-24-10-4-7-15-29(24)36(31)33/h1-23H. The lowest BCUT2D eigenvalue weighted by molar-refractivity contribution is 1.08. The highest BCUT2D eigenvalue weighted by atomic mass is 32.1.